The minimum absolute atomic E-state index is 0.0667. The maximum atomic E-state index is 12.9. The number of nitrogen functional groups attached to an aromatic ring is 1. The van der Waals surface area contributed by atoms with Crippen LogP contribution in [0.4, 0.5) is 16.2 Å². The Hall–Kier alpha value is -3.58. The summed E-state index contributed by atoms with van der Waals surface area (Å²) in [4.78, 5) is 29.5. The van der Waals surface area contributed by atoms with Gasteiger partial charge in [-0.1, -0.05) is 29.8 Å². The number of halogens is 1. The van der Waals surface area contributed by atoms with Crippen molar-refractivity contribution >= 4 is 35.0 Å². The van der Waals surface area contributed by atoms with E-state index >= 15 is 0 Å². The van der Waals surface area contributed by atoms with Crippen LogP contribution in [-0.2, 0) is 17.9 Å². The van der Waals surface area contributed by atoms with Crippen molar-refractivity contribution in [2.45, 2.75) is 13.2 Å². The number of pyridine rings is 1. The number of aromatic nitrogens is 1. The predicted molar refractivity (Wildman–Crippen MR) is 111 cm³/mol. The summed E-state index contributed by atoms with van der Waals surface area (Å²) in [5.41, 5.74) is 14.1. The monoisotopic (exact) mass is 410 g/mol. The van der Waals surface area contributed by atoms with Gasteiger partial charge in [0.2, 0.25) is 5.91 Å². The number of hydrogen-bond donors (Lipinski definition) is 2. The summed E-state index contributed by atoms with van der Waals surface area (Å²) in [6.07, 6.45) is 2.68. The van der Waals surface area contributed by atoms with E-state index < -0.39 is 12.0 Å². The molecule has 0 saturated carbocycles. The van der Waals surface area contributed by atoms with Crippen molar-refractivity contribution in [1.29, 1.82) is 0 Å². The Morgan fingerprint density at radius 2 is 1.83 bits per heavy atom. The highest BCUT2D eigenvalue weighted by atomic mass is 35.5. The highest BCUT2D eigenvalue weighted by molar-refractivity contribution is 6.31. The molecule has 7 nitrogen and oxygen atoms in total. The second-order valence-electron chi connectivity index (χ2n) is 6.27. The molecule has 0 aliphatic heterocycles. The van der Waals surface area contributed by atoms with Crippen LogP contribution in [0.15, 0.2) is 67.0 Å². The van der Waals surface area contributed by atoms with Crippen LogP contribution in [0.3, 0.4) is 0 Å². The fraction of sp³-hybridized carbons (Fsp3) is 0.0952. The number of nitrogens with zero attached hydrogens (tertiary/aromatic N) is 2. The van der Waals surface area contributed by atoms with E-state index in [1.54, 1.807) is 60.9 Å². The summed E-state index contributed by atoms with van der Waals surface area (Å²) >= 11 is 5.98. The summed E-state index contributed by atoms with van der Waals surface area (Å²) < 4.78 is 5.45. The van der Waals surface area contributed by atoms with Crippen LogP contribution in [0.1, 0.15) is 21.5 Å². The Morgan fingerprint density at radius 3 is 2.45 bits per heavy atom. The zero-order chi connectivity index (χ0) is 20.8. The first-order valence-corrected chi connectivity index (χ1v) is 9.09. The number of hydrogen-bond acceptors (Lipinski definition) is 5. The van der Waals surface area contributed by atoms with E-state index in [4.69, 9.17) is 27.8 Å². The minimum atomic E-state index is -0.582. The second kappa shape index (κ2) is 9.07. The van der Waals surface area contributed by atoms with Crippen molar-refractivity contribution in [2.75, 3.05) is 10.6 Å². The average molecular weight is 411 g/mol. The third-order valence-corrected chi connectivity index (χ3v) is 4.40. The molecule has 0 fully saturated rings. The largest absolute Gasteiger partial charge is 0.444 e. The lowest BCUT2D eigenvalue weighted by atomic mass is 10.1. The first-order valence-electron chi connectivity index (χ1n) is 8.71. The molecule has 148 valence electrons. The Bertz CT molecular complexity index is 1010. The number of carbonyl (C=O) groups is 2. The highest BCUT2D eigenvalue weighted by Crippen LogP contribution is 2.28. The normalized spacial score (nSPS) is 10.4. The van der Waals surface area contributed by atoms with Gasteiger partial charge in [0, 0.05) is 28.5 Å². The number of ether oxygens (including phenoxy) is 1. The molecule has 1 aromatic heterocycles. The molecular weight excluding hydrogens is 392 g/mol. The van der Waals surface area contributed by atoms with Gasteiger partial charge in [0.05, 0.1) is 17.9 Å². The van der Waals surface area contributed by atoms with Gasteiger partial charge in [-0.2, -0.15) is 0 Å². The summed E-state index contributed by atoms with van der Waals surface area (Å²) in [5.74, 6) is -0.522. The van der Waals surface area contributed by atoms with Crippen molar-refractivity contribution in [1.82, 2.24) is 4.98 Å². The molecule has 3 rings (SSSR count). The fourth-order valence-electron chi connectivity index (χ4n) is 2.68. The molecule has 0 saturated heterocycles. The average Bonchev–Trinajstić information content (AvgIpc) is 2.72. The molecule has 0 aliphatic rings. The second-order valence-corrected chi connectivity index (χ2v) is 6.70. The standard InChI is InChI=1S/C21H19ClN4O3/c22-17-7-8-19(18(23)10-17)26(12-14-3-5-16(6-4-14)20(24)27)21(28)29-13-15-2-1-9-25-11-15/h1-11H,12-13,23H2,(H2,24,27). The molecule has 0 bridgehead atoms. The maximum absolute atomic E-state index is 12.9. The zero-order valence-corrected chi connectivity index (χ0v) is 16.2. The van der Waals surface area contributed by atoms with Crippen LogP contribution in [0.2, 0.25) is 5.02 Å². The van der Waals surface area contributed by atoms with Crippen molar-refractivity contribution in [3.63, 3.8) is 0 Å². The summed E-state index contributed by atoms with van der Waals surface area (Å²) in [6.45, 7) is 0.244. The van der Waals surface area contributed by atoms with Gasteiger partial charge in [-0.05, 0) is 42.0 Å². The molecule has 0 radical (unpaired) electrons. The number of carbonyl (C=O) groups excluding carboxylic acids is 2. The fourth-order valence-corrected chi connectivity index (χ4v) is 2.86. The Balaban J connectivity index is 1.84. The van der Waals surface area contributed by atoms with Crippen LogP contribution < -0.4 is 16.4 Å². The van der Waals surface area contributed by atoms with Crippen LogP contribution in [0.25, 0.3) is 0 Å². The summed E-state index contributed by atoms with van der Waals surface area (Å²) in [5, 5.41) is 0.459. The van der Waals surface area contributed by atoms with Gasteiger partial charge in [-0.25, -0.2) is 4.79 Å². The molecule has 1 heterocycles. The number of primary amides is 1. The van der Waals surface area contributed by atoms with E-state index in [2.05, 4.69) is 4.98 Å². The lowest BCUT2D eigenvalue weighted by Gasteiger charge is -2.24. The van der Waals surface area contributed by atoms with E-state index in [0.29, 0.717) is 22.0 Å². The number of benzene rings is 2. The van der Waals surface area contributed by atoms with Crippen LogP contribution in [0, 0.1) is 0 Å². The number of nitrogens with two attached hydrogens (primary N) is 2. The van der Waals surface area contributed by atoms with E-state index in [1.807, 2.05) is 6.07 Å². The highest BCUT2D eigenvalue weighted by Gasteiger charge is 2.20. The van der Waals surface area contributed by atoms with Gasteiger partial charge in [0.1, 0.15) is 6.61 Å². The van der Waals surface area contributed by atoms with E-state index in [9.17, 15) is 9.59 Å². The SMILES string of the molecule is NC(=O)c1ccc(CN(C(=O)OCc2cccnc2)c2ccc(Cl)cc2N)cc1. The zero-order valence-electron chi connectivity index (χ0n) is 15.4. The van der Waals surface area contributed by atoms with Crippen molar-refractivity contribution in [2.24, 2.45) is 5.73 Å². The Morgan fingerprint density at radius 1 is 1.07 bits per heavy atom. The van der Waals surface area contributed by atoms with Gasteiger partial charge < -0.3 is 16.2 Å². The summed E-state index contributed by atoms with van der Waals surface area (Å²) in [7, 11) is 0. The topological polar surface area (TPSA) is 112 Å². The van der Waals surface area contributed by atoms with Crippen molar-refractivity contribution < 1.29 is 14.3 Å². The van der Waals surface area contributed by atoms with Crippen LogP contribution >= 0.6 is 11.6 Å². The number of amides is 2. The smallest absolute Gasteiger partial charge is 0.415 e. The molecule has 3 aromatic rings. The quantitative estimate of drug-likeness (QED) is 0.601. The molecular formula is C21H19ClN4O3. The van der Waals surface area contributed by atoms with Crippen molar-refractivity contribution in [3.8, 4) is 0 Å². The third-order valence-electron chi connectivity index (χ3n) is 4.17. The van der Waals surface area contributed by atoms with Crippen LogP contribution in [0.5, 0.6) is 0 Å². The molecule has 8 heteroatoms. The molecule has 0 spiro atoms. The van der Waals surface area contributed by atoms with Crippen LogP contribution in [-0.4, -0.2) is 17.0 Å². The van der Waals surface area contributed by atoms with Crippen molar-refractivity contribution in [3.05, 3.63) is 88.7 Å². The number of anilines is 2. The molecule has 29 heavy (non-hydrogen) atoms. The van der Waals surface area contributed by atoms with Gasteiger partial charge in [0.25, 0.3) is 0 Å². The van der Waals surface area contributed by atoms with E-state index in [1.165, 1.54) is 4.90 Å². The Kier molecular flexibility index (Phi) is 6.31. The third kappa shape index (κ3) is 5.24. The van der Waals surface area contributed by atoms with Gasteiger partial charge in [0.15, 0.2) is 0 Å². The lowest BCUT2D eigenvalue weighted by molar-refractivity contribution is 0.1000. The maximum Gasteiger partial charge on any atom is 0.415 e. The molecule has 2 aromatic carbocycles. The lowest BCUT2D eigenvalue weighted by Crippen LogP contribution is -2.31. The molecule has 0 aliphatic carbocycles. The number of rotatable bonds is 6. The van der Waals surface area contributed by atoms with E-state index in [0.717, 1.165) is 11.1 Å². The van der Waals surface area contributed by atoms with Gasteiger partial charge >= 0.3 is 6.09 Å². The predicted octanol–water partition coefficient (Wildman–Crippen LogP) is 3.76. The first-order chi connectivity index (χ1) is 13.9. The van der Waals surface area contributed by atoms with Gasteiger partial charge in [-0.15, -0.1) is 0 Å². The Labute approximate surface area is 172 Å². The minimum Gasteiger partial charge on any atom is -0.444 e. The molecule has 2 amide bonds. The summed E-state index contributed by atoms with van der Waals surface area (Å²) in [6, 6.07) is 15.1. The molecule has 0 atom stereocenters. The molecule has 4 N–H and O–H groups in total. The van der Waals surface area contributed by atoms with E-state index in [-0.39, 0.29) is 13.2 Å². The first kappa shape index (κ1) is 20.2. The molecule has 0 unspecified atom stereocenters. The van der Waals surface area contributed by atoms with Gasteiger partial charge in [-0.3, -0.25) is 14.7 Å².